The van der Waals surface area contributed by atoms with Crippen molar-refractivity contribution in [2.75, 3.05) is 20.3 Å². The largest absolute Gasteiger partial charge is 0.497 e. The maximum atomic E-state index is 12.5. The highest BCUT2D eigenvalue weighted by molar-refractivity contribution is 6.05. The maximum absolute atomic E-state index is 12.5. The van der Waals surface area contributed by atoms with Gasteiger partial charge in [0, 0.05) is 6.54 Å². The molecule has 3 N–H and O–H groups in total. The van der Waals surface area contributed by atoms with Crippen LogP contribution in [0.25, 0.3) is 0 Å². The lowest BCUT2D eigenvalue weighted by Gasteiger charge is -2.22. The summed E-state index contributed by atoms with van der Waals surface area (Å²) in [5.74, 6) is 0.0833. The van der Waals surface area contributed by atoms with Gasteiger partial charge in [0.05, 0.1) is 26.2 Å². The normalized spacial score (nSPS) is 18.6. The third-order valence-electron chi connectivity index (χ3n) is 5.15. The van der Waals surface area contributed by atoms with Crippen LogP contribution in [0.15, 0.2) is 24.3 Å². The molecule has 0 radical (unpaired) electrons. The minimum Gasteiger partial charge on any atom is -0.497 e. The molecule has 0 aliphatic carbocycles. The maximum Gasteiger partial charge on any atom is 0.324 e. The molecule has 1 aliphatic heterocycles. The highest BCUT2D eigenvalue weighted by atomic mass is 16.5. The van der Waals surface area contributed by atoms with Gasteiger partial charge in [0.25, 0.3) is 5.91 Å². The number of rotatable bonds is 10. The zero-order valence-electron chi connectivity index (χ0n) is 16.6. The molecule has 0 bridgehead atoms. The molecule has 3 atom stereocenters. The van der Waals surface area contributed by atoms with Crippen LogP contribution in [-0.4, -0.2) is 60.2 Å². The van der Waals surface area contributed by atoms with Gasteiger partial charge < -0.3 is 20.5 Å². The Balaban J connectivity index is 1.88. The number of aliphatic hydroxyl groups is 1. The molecule has 1 heterocycles. The standard InChI is InChI=1S/C20H29N3O5/c1-4-13(2)17(12-24)21-18(25)11-16-19(26)23(20(27)22-16)10-9-14-5-7-15(28-3)8-6-14/h5-8,13,16-17,24H,4,9-12H2,1-3H3,(H,21,25)(H,22,27)/t13-,16-,17-/m0/s1. The summed E-state index contributed by atoms with van der Waals surface area (Å²) in [5, 5.41) is 14.7. The van der Waals surface area contributed by atoms with Crippen molar-refractivity contribution < 1.29 is 24.2 Å². The molecule has 1 aromatic carbocycles. The molecule has 1 fully saturated rings. The van der Waals surface area contributed by atoms with Gasteiger partial charge in [0.15, 0.2) is 0 Å². The lowest BCUT2D eigenvalue weighted by molar-refractivity contribution is -0.131. The van der Waals surface area contributed by atoms with E-state index < -0.39 is 18.0 Å². The zero-order valence-corrected chi connectivity index (χ0v) is 16.6. The summed E-state index contributed by atoms with van der Waals surface area (Å²) >= 11 is 0. The molecule has 28 heavy (non-hydrogen) atoms. The first kappa shape index (κ1) is 21.7. The van der Waals surface area contributed by atoms with Crippen LogP contribution >= 0.6 is 0 Å². The predicted molar refractivity (Wildman–Crippen MR) is 104 cm³/mol. The zero-order chi connectivity index (χ0) is 20.7. The first-order valence-corrected chi connectivity index (χ1v) is 9.54. The van der Waals surface area contributed by atoms with Crippen molar-refractivity contribution in [2.24, 2.45) is 5.92 Å². The van der Waals surface area contributed by atoms with Gasteiger partial charge in [-0.1, -0.05) is 32.4 Å². The lowest BCUT2D eigenvalue weighted by Crippen LogP contribution is -2.45. The Bertz CT molecular complexity index is 692. The van der Waals surface area contributed by atoms with E-state index in [0.717, 1.165) is 22.6 Å². The quantitative estimate of drug-likeness (QED) is 0.517. The number of amides is 4. The summed E-state index contributed by atoms with van der Waals surface area (Å²) in [6.45, 7) is 3.98. The molecule has 4 amide bonds. The number of urea groups is 1. The molecule has 0 unspecified atom stereocenters. The van der Waals surface area contributed by atoms with E-state index in [1.807, 2.05) is 38.1 Å². The molecule has 154 valence electrons. The number of imide groups is 1. The first-order valence-electron chi connectivity index (χ1n) is 9.54. The van der Waals surface area contributed by atoms with Gasteiger partial charge in [-0.2, -0.15) is 0 Å². The van der Waals surface area contributed by atoms with Crippen molar-refractivity contribution in [3.05, 3.63) is 29.8 Å². The van der Waals surface area contributed by atoms with Crippen molar-refractivity contribution >= 4 is 17.8 Å². The number of ether oxygens (including phenoxy) is 1. The Morgan fingerprint density at radius 2 is 2.00 bits per heavy atom. The number of aliphatic hydroxyl groups excluding tert-OH is 1. The second-order valence-electron chi connectivity index (χ2n) is 7.04. The van der Waals surface area contributed by atoms with E-state index in [1.165, 1.54) is 0 Å². The van der Waals surface area contributed by atoms with Gasteiger partial charge in [-0.25, -0.2) is 4.79 Å². The van der Waals surface area contributed by atoms with Gasteiger partial charge >= 0.3 is 6.03 Å². The number of nitrogens with zero attached hydrogens (tertiary/aromatic N) is 1. The number of methoxy groups -OCH3 is 1. The van der Waals surface area contributed by atoms with Gasteiger partial charge in [-0.3, -0.25) is 14.5 Å². The third-order valence-corrected chi connectivity index (χ3v) is 5.15. The van der Waals surface area contributed by atoms with Crippen LogP contribution in [0.2, 0.25) is 0 Å². The van der Waals surface area contributed by atoms with Crippen molar-refractivity contribution in [2.45, 2.75) is 45.2 Å². The third kappa shape index (κ3) is 5.45. The van der Waals surface area contributed by atoms with E-state index >= 15 is 0 Å². The summed E-state index contributed by atoms with van der Waals surface area (Å²) < 4.78 is 5.11. The Labute approximate surface area is 165 Å². The summed E-state index contributed by atoms with van der Waals surface area (Å²) in [6.07, 6.45) is 1.18. The molecule has 1 aliphatic rings. The van der Waals surface area contributed by atoms with Crippen LogP contribution in [0.1, 0.15) is 32.3 Å². The molecule has 1 aromatic rings. The Kier molecular flexibility index (Phi) is 7.80. The number of hydrogen-bond donors (Lipinski definition) is 3. The molecular formula is C20H29N3O5. The smallest absolute Gasteiger partial charge is 0.324 e. The fourth-order valence-corrected chi connectivity index (χ4v) is 3.06. The van der Waals surface area contributed by atoms with Crippen molar-refractivity contribution in [3.63, 3.8) is 0 Å². The topological polar surface area (TPSA) is 108 Å². The minimum absolute atomic E-state index is 0.115. The monoisotopic (exact) mass is 391 g/mol. The van der Waals surface area contributed by atoms with E-state index in [-0.39, 0.29) is 37.4 Å². The van der Waals surface area contributed by atoms with Gasteiger partial charge in [-0.05, 0) is 30.0 Å². The van der Waals surface area contributed by atoms with Crippen LogP contribution in [0.3, 0.4) is 0 Å². The van der Waals surface area contributed by atoms with Crippen molar-refractivity contribution in [1.29, 1.82) is 0 Å². The molecule has 0 aromatic heterocycles. The summed E-state index contributed by atoms with van der Waals surface area (Å²) in [5.41, 5.74) is 0.974. The lowest BCUT2D eigenvalue weighted by atomic mass is 9.99. The second-order valence-corrected chi connectivity index (χ2v) is 7.04. The van der Waals surface area contributed by atoms with Crippen LogP contribution in [0.4, 0.5) is 4.79 Å². The number of carbonyl (C=O) groups excluding carboxylic acids is 3. The Hall–Kier alpha value is -2.61. The highest BCUT2D eigenvalue weighted by Crippen LogP contribution is 2.15. The number of carbonyl (C=O) groups is 3. The van der Waals surface area contributed by atoms with E-state index in [0.29, 0.717) is 6.42 Å². The Morgan fingerprint density at radius 1 is 1.32 bits per heavy atom. The fraction of sp³-hybridized carbons (Fsp3) is 0.550. The molecule has 2 rings (SSSR count). The van der Waals surface area contributed by atoms with E-state index in [2.05, 4.69) is 10.6 Å². The molecule has 8 heteroatoms. The number of benzene rings is 1. The summed E-state index contributed by atoms with van der Waals surface area (Å²) in [6, 6.07) is 5.68. The first-order chi connectivity index (χ1) is 13.4. The van der Waals surface area contributed by atoms with Gasteiger partial charge in [0.2, 0.25) is 5.91 Å². The summed E-state index contributed by atoms with van der Waals surface area (Å²) in [4.78, 5) is 38.0. The van der Waals surface area contributed by atoms with E-state index in [4.69, 9.17) is 4.74 Å². The van der Waals surface area contributed by atoms with Crippen LogP contribution in [-0.2, 0) is 16.0 Å². The summed E-state index contributed by atoms with van der Waals surface area (Å²) in [7, 11) is 1.59. The van der Waals surface area contributed by atoms with Crippen molar-refractivity contribution in [1.82, 2.24) is 15.5 Å². The number of nitrogens with one attached hydrogen (secondary N) is 2. The average Bonchev–Trinajstić information content (AvgIpc) is 2.96. The molecular weight excluding hydrogens is 362 g/mol. The molecule has 0 spiro atoms. The number of hydrogen-bond acceptors (Lipinski definition) is 5. The molecule has 0 saturated carbocycles. The molecule has 8 nitrogen and oxygen atoms in total. The van der Waals surface area contributed by atoms with E-state index in [9.17, 15) is 19.5 Å². The van der Waals surface area contributed by atoms with Crippen molar-refractivity contribution in [3.8, 4) is 5.75 Å². The average molecular weight is 391 g/mol. The Morgan fingerprint density at radius 3 is 2.57 bits per heavy atom. The van der Waals surface area contributed by atoms with Gasteiger partial charge in [0.1, 0.15) is 11.8 Å². The predicted octanol–water partition coefficient (Wildman–Crippen LogP) is 1.07. The van der Waals surface area contributed by atoms with Crippen LogP contribution < -0.4 is 15.4 Å². The van der Waals surface area contributed by atoms with Gasteiger partial charge in [-0.15, -0.1) is 0 Å². The van der Waals surface area contributed by atoms with E-state index in [1.54, 1.807) is 7.11 Å². The highest BCUT2D eigenvalue weighted by Gasteiger charge is 2.39. The molecule has 1 saturated heterocycles. The van der Waals surface area contributed by atoms with Crippen LogP contribution in [0.5, 0.6) is 5.75 Å². The van der Waals surface area contributed by atoms with Crippen LogP contribution in [0, 0.1) is 5.92 Å². The fourth-order valence-electron chi connectivity index (χ4n) is 3.06. The SMILES string of the molecule is CC[C@H](C)[C@H](CO)NC(=O)C[C@@H]1NC(=O)N(CCc2ccc(OC)cc2)C1=O. The second kappa shape index (κ2) is 10.1. The minimum atomic E-state index is -0.875.